The number of carbonyl (C=O) groups is 1. The van der Waals surface area contributed by atoms with E-state index in [1.165, 1.54) is 24.6 Å². The third-order valence-corrected chi connectivity index (χ3v) is 5.03. The maximum atomic E-state index is 12.5. The maximum Gasteiger partial charge on any atom is 0.191 e. The Bertz CT molecular complexity index is 712. The van der Waals surface area contributed by atoms with Crippen LogP contribution in [-0.2, 0) is 13.0 Å². The molecule has 0 bridgehead atoms. The average molecular weight is 331 g/mol. The van der Waals surface area contributed by atoms with Crippen LogP contribution in [-0.4, -0.2) is 33.4 Å². The molecule has 2 aromatic rings. The smallest absolute Gasteiger partial charge is 0.191 e. The molecule has 0 fully saturated rings. The summed E-state index contributed by atoms with van der Waals surface area (Å²) in [5.74, 6) is 2.08. The number of ketones is 1. The fourth-order valence-electron chi connectivity index (χ4n) is 2.81. The molecular weight excluding hydrogens is 310 g/mol. The number of benzene rings is 1. The topological polar surface area (TPSA) is 57.0 Å². The summed E-state index contributed by atoms with van der Waals surface area (Å²) in [6, 6.07) is 5.67. The monoisotopic (exact) mass is 331 g/mol. The van der Waals surface area contributed by atoms with Gasteiger partial charge in [0.2, 0.25) is 0 Å². The van der Waals surface area contributed by atoms with Gasteiger partial charge >= 0.3 is 0 Å². The van der Waals surface area contributed by atoms with Gasteiger partial charge in [0.25, 0.3) is 0 Å². The Morgan fingerprint density at radius 2 is 2.17 bits per heavy atom. The third-order valence-electron chi connectivity index (χ3n) is 4.06. The van der Waals surface area contributed by atoms with E-state index < -0.39 is 0 Å². The zero-order chi connectivity index (χ0) is 16.2. The van der Waals surface area contributed by atoms with Crippen molar-refractivity contribution in [2.24, 2.45) is 0 Å². The van der Waals surface area contributed by atoms with E-state index in [-0.39, 0.29) is 5.78 Å². The predicted octanol–water partition coefficient (Wildman–Crippen LogP) is 3.30. The molecule has 1 aliphatic heterocycles. The summed E-state index contributed by atoms with van der Waals surface area (Å²) < 4.78 is 7.47. The lowest BCUT2D eigenvalue weighted by Crippen LogP contribution is -2.08. The summed E-state index contributed by atoms with van der Waals surface area (Å²) in [5, 5.41) is 9.38. The van der Waals surface area contributed by atoms with E-state index in [1.54, 1.807) is 7.11 Å². The van der Waals surface area contributed by atoms with Gasteiger partial charge in [-0.2, -0.15) is 0 Å². The summed E-state index contributed by atoms with van der Waals surface area (Å²) in [4.78, 5) is 12.5. The molecule has 2 heterocycles. The third kappa shape index (κ3) is 3.58. The number of Topliss-reactive ketones (excluding diaryl/α,β-unsaturated/α-hetero) is 1. The molecule has 122 valence electrons. The molecule has 0 aliphatic carbocycles. The largest absolute Gasteiger partial charge is 0.496 e. The molecule has 0 N–H and O–H groups in total. The molecule has 0 saturated heterocycles. The summed E-state index contributed by atoms with van der Waals surface area (Å²) >= 11 is 1.46. The van der Waals surface area contributed by atoms with Crippen LogP contribution in [0.2, 0.25) is 0 Å². The predicted molar refractivity (Wildman–Crippen MR) is 90.4 cm³/mol. The molecule has 1 aromatic carbocycles. The van der Waals surface area contributed by atoms with Crippen LogP contribution in [0.15, 0.2) is 23.4 Å². The number of ether oxygens (including phenoxy) is 1. The van der Waals surface area contributed by atoms with Crippen LogP contribution in [0.1, 0.15) is 41.0 Å². The highest BCUT2D eigenvalue weighted by Crippen LogP contribution is 2.25. The number of hydrogen-bond acceptors (Lipinski definition) is 5. The molecule has 0 amide bonds. The van der Waals surface area contributed by atoms with Crippen LogP contribution in [0.3, 0.4) is 0 Å². The van der Waals surface area contributed by atoms with E-state index in [2.05, 4.69) is 14.8 Å². The summed E-state index contributed by atoms with van der Waals surface area (Å²) in [6.45, 7) is 2.92. The summed E-state index contributed by atoms with van der Waals surface area (Å²) in [6.07, 6.45) is 4.53. The van der Waals surface area contributed by atoms with Gasteiger partial charge in [0.1, 0.15) is 11.6 Å². The van der Waals surface area contributed by atoms with Crippen molar-refractivity contribution < 1.29 is 9.53 Å². The van der Waals surface area contributed by atoms with Gasteiger partial charge in [0.05, 0.1) is 18.4 Å². The zero-order valence-corrected chi connectivity index (χ0v) is 14.4. The number of nitrogens with zero attached hydrogens (tertiary/aromatic N) is 3. The lowest BCUT2D eigenvalue weighted by atomic mass is 10.1. The highest BCUT2D eigenvalue weighted by molar-refractivity contribution is 7.99. The van der Waals surface area contributed by atoms with Crippen LogP contribution in [0.25, 0.3) is 0 Å². The van der Waals surface area contributed by atoms with Gasteiger partial charge in [-0.3, -0.25) is 4.79 Å². The van der Waals surface area contributed by atoms with Crippen LogP contribution in [0.4, 0.5) is 0 Å². The van der Waals surface area contributed by atoms with Gasteiger partial charge in [-0.15, -0.1) is 10.2 Å². The SMILES string of the molecule is COc1ccc(C)cc1C(=O)CSc1nnc2n1CCCCC2. The number of rotatable bonds is 5. The van der Waals surface area contributed by atoms with E-state index in [0.717, 1.165) is 35.9 Å². The molecule has 0 unspecified atom stereocenters. The number of methoxy groups -OCH3 is 1. The minimum atomic E-state index is 0.0570. The summed E-state index contributed by atoms with van der Waals surface area (Å²) in [5.41, 5.74) is 1.69. The lowest BCUT2D eigenvalue weighted by molar-refractivity contribution is 0.101. The van der Waals surface area contributed by atoms with Crippen molar-refractivity contribution in [1.29, 1.82) is 0 Å². The highest BCUT2D eigenvalue weighted by atomic mass is 32.2. The van der Waals surface area contributed by atoms with Crippen molar-refractivity contribution in [2.75, 3.05) is 12.9 Å². The van der Waals surface area contributed by atoms with Gasteiger partial charge in [-0.05, 0) is 31.9 Å². The summed E-state index contributed by atoms with van der Waals surface area (Å²) in [7, 11) is 1.59. The molecule has 0 saturated carbocycles. The van der Waals surface area contributed by atoms with Crippen molar-refractivity contribution in [1.82, 2.24) is 14.8 Å². The Hall–Kier alpha value is -1.82. The van der Waals surface area contributed by atoms with Crippen molar-refractivity contribution in [3.8, 4) is 5.75 Å². The molecule has 1 aromatic heterocycles. The molecule has 6 heteroatoms. The lowest BCUT2D eigenvalue weighted by Gasteiger charge is -2.09. The number of carbonyl (C=O) groups excluding carboxylic acids is 1. The Labute approximate surface area is 140 Å². The molecule has 0 spiro atoms. The average Bonchev–Trinajstić information content (AvgIpc) is 2.79. The van der Waals surface area contributed by atoms with E-state index in [4.69, 9.17) is 4.74 Å². The van der Waals surface area contributed by atoms with E-state index >= 15 is 0 Å². The van der Waals surface area contributed by atoms with E-state index in [1.807, 2.05) is 25.1 Å². The van der Waals surface area contributed by atoms with Crippen LogP contribution < -0.4 is 4.74 Å². The van der Waals surface area contributed by atoms with Crippen molar-refractivity contribution >= 4 is 17.5 Å². The Balaban J connectivity index is 1.73. The number of aromatic nitrogens is 3. The molecular formula is C17H21N3O2S. The Morgan fingerprint density at radius 3 is 3.00 bits per heavy atom. The fourth-order valence-corrected chi connectivity index (χ4v) is 3.68. The molecule has 0 atom stereocenters. The molecule has 1 aliphatic rings. The quantitative estimate of drug-likeness (QED) is 0.621. The van der Waals surface area contributed by atoms with Crippen LogP contribution >= 0.6 is 11.8 Å². The minimum absolute atomic E-state index is 0.0570. The van der Waals surface area contributed by atoms with Crippen molar-refractivity contribution in [2.45, 2.75) is 44.3 Å². The number of fused-ring (bicyclic) bond motifs is 1. The molecule has 23 heavy (non-hydrogen) atoms. The van der Waals surface area contributed by atoms with Gasteiger partial charge in [0.15, 0.2) is 10.9 Å². The van der Waals surface area contributed by atoms with Gasteiger partial charge in [-0.25, -0.2) is 0 Å². The number of thioether (sulfide) groups is 1. The first-order valence-corrected chi connectivity index (χ1v) is 8.90. The Kier molecular flexibility index (Phi) is 5.00. The number of hydrogen-bond donors (Lipinski definition) is 0. The van der Waals surface area contributed by atoms with Crippen LogP contribution in [0, 0.1) is 6.92 Å². The Morgan fingerprint density at radius 1 is 1.30 bits per heavy atom. The maximum absolute atomic E-state index is 12.5. The van der Waals surface area contributed by atoms with E-state index in [9.17, 15) is 4.79 Å². The van der Waals surface area contributed by atoms with Crippen LogP contribution in [0.5, 0.6) is 5.75 Å². The molecule has 0 radical (unpaired) electrons. The van der Waals surface area contributed by atoms with Gasteiger partial charge in [-0.1, -0.05) is 29.8 Å². The first-order chi connectivity index (χ1) is 11.2. The first-order valence-electron chi connectivity index (χ1n) is 7.92. The zero-order valence-electron chi connectivity index (χ0n) is 13.5. The second-order valence-electron chi connectivity index (χ2n) is 5.78. The number of aryl methyl sites for hydroxylation is 2. The van der Waals surface area contributed by atoms with Crippen molar-refractivity contribution in [3.05, 3.63) is 35.2 Å². The molecule has 5 nitrogen and oxygen atoms in total. The molecule has 3 rings (SSSR count). The highest BCUT2D eigenvalue weighted by Gasteiger charge is 2.18. The fraction of sp³-hybridized carbons (Fsp3) is 0.471. The van der Waals surface area contributed by atoms with Gasteiger partial charge in [0, 0.05) is 13.0 Å². The van der Waals surface area contributed by atoms with Gasteiger partial charge < -0.3 is 9.30 Å². The van der Waals surface area contributed by atoms with E-state index in [0.29, 0.717) is 17.1 Å². The minimum Gasteiger partial charge on any atom is -0.496 e. The second-order valence-corrected chi connectivity index (χ2v) is 6.72. The standard InChI is InChI=1S/C17H21N3O2S/c1-12-7-8-15(22-2)13(10-12)14(21)11-23-17-19-18-16-6-4-3-5-9-20(16)17/h7-8,10H,3-6,9,11H2,1-2H3. The second kappa shape index (κ2) is 7.17. The van der Waals surface area contributed by atoms with Crippen molar-refractivity contribution in [3.63, 3.8) is 0 Å². The first kappa shape index (κ1) is 16.1. The normalized spacial score (nSPS) is 14.2.